The van der Waals surface area contributed by atoms with Crippen LogP contribution in [-0.2, 0) is 17.8 Å². The average molecular weight is 472 g/mol. The number of anilines is 1. The first-order valence-electron chi connectivity index (χ1n) is 12.1. The molecule has 4 heterocycles. The van der Waals surface area contributed by atoms with Gasteiger partial charge in [-0.1, -0.05) is 30.3 Å². The van der Waals surface area contributed by atoms with Crippen molar-refractivity contribution in [1.82, 2.24) is 19.9 Å². The third-order valence-corrected chi connectivity index (χ3v) is 6.51. The zero-order valence-corrected chi connectivity index (χ0v) is 19.8. The second kappa shape index (κ2) is 10.1. The summed E-state index contributed by atoms with van der Waals surface area (Å²) >= 11 is 0. The standard InChI is InChI=1S/C27H29N5O3/c1-19(17-22-9-6-16-35-22)29-26(33)21-11-14-31(15-12-21)25-27(34)32(18-20-7-3-2-4-8-20)24-23(30-25)10-5-13-28-24/h2-10,13,16,19,21H,11-12,14-15,17-18H2,1H3,(H,29,33)/t19-/m0/s1. The summed E-state index contributed by atoms with van der Waals surface area (Å²) in [6.07, 6.45) is 5.33. The molecule has 0 aliphatic carbocycles. The van der Waals surface area contributed by atoms with Crippen molar-refractivity contribution in [3.63, 3.8) is 0 Å². The molecular weight excluding hydrogens is 442 g/mol. The zero-order valence-electron chi connectivity index (χ0n) is 19.8. The van der Waals surface area contributed by atoms with E-state index in [1.807, 2.05) is 66.4 Å². The number of furan rings is 1. The molecule has 180 valence electrons. The summed E-state index contributed by atoms with van der Waals surface area (Å²) in [6.45, 7) is 3.61. The van der Waals surface area contributed by atoms with Crippen LogP contribution in [0.3, 0.4) is 0 Å². The monoisotopic (exact) mass is 471 g/mol. The van der Waals surface area contributed by atoms with Crippen molar-refractivity contribution in [1.29, 1.82) is 0 Å². The van der Waals surface area contributed by atoms with Crippen LogP contribution in [0.2, 0.25) is 0 Å². The second-order valence-corrected chi connectivity index (χ2v) is 9.11. The normalized spacial score (nSPS) is 15.3. The molecule has 1 fully saturated rings. The number of carbonyl (C=O) groups excluding carboxylic acids is 1. The molecule has 35 heavy (non-hydrogen) atoms. The number of fused-ring (bicyclic) bond motifs is 1. The van der Waals surface area contributed by atoms with Crippen LogP contribution in [0, 0.1) is 5.92 Å². The van der Waals surface area contributed by atoms with Gasteiger partial charge in [-0.2, -0.15) is 0 Å². The minimum atomic E-state index is -0.157. The maximum Gasteiger partial charge on any atom is 0.295 e. The molecule has 0 spiro atoms. The average Bonchev–Trinajstić information content (AvgIpc) is 3.39. The van der Waals surface area contributed by atoms with E-state index in [0.717, 1.165) is 11.3 Å². The summed E-state index contributed by atoms with van der Waals surface area (Å²) in [5, 5.41) is 3.11. The largest absolute Gasteiger partial charge is 0.469 e. The van der Waals surface area contributed by atoms with E-state index in [9.17, 15) is 9.59 Å². The lowest BCUT2D eigenvalue weighted by Crippen LogP contribution is -2.45. The highest BCUT2D eigenvalue weighted by molar-refractivity contribution is 5.79. The molecule has 3 aromatic heterocycles. The fraction of sp³-hybridized carbons (Fsp3) is 0.333. The maximum atomic E-state index is 13.5. The van der Waals surface area contributed by atoms with Crippen LogP contribution in [-0.4, -0.2) is 39.6 Å². The molecule has 8 nitrogen and oxygen atoms in total. The number of rotatable bonds is 7. The molecule has 1 saturated heterocycles. The molecule has 1 atom stereocenters. The fourth-order valence-corrected chi connectivity index (χ4v) is 4.68. The van der Waals surface area contributed by atoms with Crippen LogP contribution >= 0.6 is 0 Å². The van der Waals surface area contributed by atoms with Gasteiger partial charge in [-0.05, 0) is 49.6 Å². The van der Waals surface area contributed by atoms with E-state index in [0.29, 0.717) is 55.9 Å². The van der Waals surface area contributed by atoms with Gasteiger partial charge in [-0.15, -0.1) is 0 Å². The van der Waals surface area contributed by atoms with E-state index < -0.39 is 0 Å². The molecule has 1 N–H and O–H groups in total. The Kier molecular flexibility index (Phi) is 6.61. The number of amides is 1. The van der Waals surface area contributed by atoms with E-state index in [1.54, 1.807) is 17.0 Å². The van der Waals surface area contributed by atoms with Crippen LogP contribution in [0.25, 0.3) is 11.2 Å². The molecule has 8 heteroatoms. The Bertz CT molecular complexity index is 1340. The number of hydrogen-bond donors (Lipinski definition) is 1. The smallest absolute Gasteiger partial charge is 0.295 e. The van der Waals surface area contributed by atoms with Crippen molar-refractivity contribution >= 4 is 22.9 Å². The quantitative estimate of drug-likeness (QED) is 0.444. The molecular formula is C27H29N5O3. The van der Waals surface area contributed by atoms with Gasteiger partial charge in [0.05, 0.1) is 12.8 Å². The van der Waals surface area contributed by atoms with Gasteiger partial charge in [-0.3, -0.25) is 14.2 Å². The number of nitrogens with zero attached hydrogens (tertiary/aromatic N) is 4. The van der Waals surface area contributed by atoms with E-state index in [2.05, 4.69) is 15.3 Å². The molecule has 1 aliphatic rings. The molecule has 0 unspecified atom stereocenters. The predicted octanol–water partition coefficient (Wildman–Crippen LogP) is 3.40. The first-order valence-corrected chi connectivity index (χ1v) is 12.1. The number of nitrogens with one attached hydrogen (secondary N) is 1. The number of hydrogen-bond acceptors (Lipinski definition) is 6. The number of benzene rings is 1. The van der Waals surface area contributed by atoms with Gasteiger partial charge < -0.3 is 14.6 Å². The Morgan fingerprint density at radius 2 is 1.91 bits per heavy atom. The predicted molar refractivity (Wildman–Crippen MR) is 134 cm³/mol. The van der Waals surface area contributed by atoms with Crippen LogP contribution < -0.4 is 15.8 Å². The third-order valence-electron chi connectivity index (χ3n) is 6.51. The maximum absolute atomic E-state index is 13.5. The lowest BCUT2D eigenvalue weighted by atomic mass is 9.95. The summed E-state index contributed by atoms with van der Waals surface area (Å²) < 4.78 is 7.08. The van der Waals surface area contributed by atoms with E-state index >= 15 is 0 Å². The lowest BCUT2D eigenvalue weighted by Gasteiger charge is -2.32. The van der Waals surface area contributed by atoms with Crippen molar-refractivity contribution in [2.75, 3.05) is 18.0 Å². The Hall–Kier alpha value is -3.94. The second-order valence-electron chi connectivity index (χ2n) is 9.11. The van der Waals surface area contributed by atoms with Gasteiger partial charge in [-0.25, -0.2) is 9.97 Å². The van der Waals surface area contributed by atoms with Gasteiger partial charge in [0.15, 0.2) is 11.5 Å². The summed E-state index contributed by atoms with van der Waals surface area (Å²) in [4.78, 5) is 37.5. The minimum absolute atomic E-state index is 0.00785. The highest BCUT2D eigenvalue weighted by Crippen LogP contribution is 2.22. The van der Waals surface area contributed by atoms with E-state index in [4.69, 9.17) is 4.42 Å². The van der Waals surface area contributed by atoms with Gasteiger partial charge in [0.2, 0.25) is 5.91 Å². The highest BCUT2D eigenvalue weighted by atomic mass is 16.3. The molecule has 5 rings (SSSR count). The SMILES string of the molecule is C[C@@H](Cc1ccco1)NC(=O)C1CCN(c2nc3cccnc3n(Cc3ccccc3)c2=O)CC1. The summed E-state index contributed by atoms with van der Waals surface area (Å²) in [6, 6.07) is 17.3. The van der Waals surface area contributed by atoms with Gasteiger partial charge in [0.25, 0.3) is 5.56 Å². The van der Waals surface area contributed by atoms with Crippen molar-refractivity contribution < 1.29 is 9.21 Å². The van der Waals surface area contributed by atoms with Gasteiger partial charge >= 0.3 is 0 Å². The molecule has 1 amide bonds. The van der Waals surface area contributed by atoms with Crippen molar-refractivity contribution in [2.24, 2.45) is 5.92 Å². The van der Waals surface area contributed by atoms with Crippen LogP contribution in [0.1, 0.15) is 31.1 Å². The Labute approximate surface area is 203 Å². The Morgan fingerprint density at radius 3 is 2.66 bits per heavy atom. The van der Waals surface area contributed by atoms with Gasteiger partial charge in [0.1, 0.15) is 11.3 Å². The number of aromatic nitrogens is 3. The van der Waals surface area contributed by atoms with Crippen LogP contribution in [0.15, 0.2) is 76.3 Å². The first-order chi connectivity index (χ1) is 17.1. The number of piperidine rings is 1. The molecule has 4 aromatic rings. The molecule has 0 saturated carbocycles. The lowest BCUT2D eigenvalue weighted by molar-refractivity contribution is -0.126. The van der Waals surface area contributed by atoms with Crippen molar-refractivity contribution in [3.05, 3.63) is 88.7 Å². The first kappa shape index (κ1) is 22.8. The fourth-order valence-electron chi connectivity index (χ4n) is 4.68. The number of carbonyl (C=O) groups is 1. The molecule has 0 bridgehead atoms. The summed E-state index contributed by atoms with van der Waals surface area (Å²) in [5.41, 5.74) is 2.13. The van der Waals surface area contributed by atoms with Crippen LogP contribution in [0.4, 0.5) is 5.82 Å². The topological polar surface area (TPSA) is 93.3 Å². The Morgan fingerprint density at radius 1 is 1.11 bits per heavy atom. The number of pyridine rings is 1. The zero-order chi connectivity index (χ0) is 24.2. The molecule has 0 radical (unpaired) electrons. The van der Waals surface area contributed by atoms with Crippen LogP contribution in [0.5, 0.6) is 0 Å². The van der Waals surface area contributed by atoms with E-state index in [1.165, 1.54) is 0 Å². The third kappa shape index (κ3) is 5.11. The Balaban J connectivity index is 1.30. The van der Waals surface area contributed by atoms with E-state index in [-0.39, 0.29) is 23.4 Å². The molecule has 1 aromatic carbocycles. The van der Waals surface area contributed by atoms with Gasteiger partial charge in [0, 0.05) is 37.7 Å². The molecule has 1 aliphatic heterocycles. The summed E-state index contributed by atoms with van der Waals surface area (Å²) in [7, 11) is 0. The highest BCUT2D eigenvalue weighted by Gasteiger charge is 2.28. The minimum Gasteiger partial charge on any atom is -0.469 e. The van der Waals surface area contributed by atoms with Crippen molar-refractivity contribution in [2.45, 2.75) is 38.8 Å². The van der Waals surface area contributed by atoms with Crippen molar-refractivity contribution in [3.8, 4) is 0 Å². The summed E-state index contributed by atoms with van der Waals surface area (Å²) in [5.74, 6) is 1.25.